The monoisotopic (exact) mass is 158 g/mol. The van der Waals surface area contributed by atoms with Crippen molar-refractivity contribution in [1.82, 2.24) is 0 Å². The maximum atomic E-state index is 5.19. The molecule has 0 atom stereocenters. The first-order chi connectivity index (χ1) is 4.81. The lowest BCUT2D eigenvalue weighted by Gasteiger charge is -2.00. The minimum atomic E-state index is 0.619. The van der Waals surface area contributed by atoms with Gasteiger partial charge in [-0.3, -0.25) is 0 Å². The van der Waals surface area contributed by atoms with Gasteiger partial charge in [0, 0.05) is 5.75 Å². The lowest BCUT2D eigenvalue weighted by Crippen LogP contribution is -1.97. The quantitative estimate of drug-likeness (QED) is 0.366. The summed E-state index contributed by atoms with van der Waals surface area (Å²) in [7, 11) is 0. The highest BCUT2D eigenvalue weighted by Crippen LogP contribution is 1.93. The second kappa shape index (κ2) is 6.90. The Morgan fingerprint density at radius 2 is 2.40 bits per heavy atom. The molecule has 0 spiro atoms. The fourth-order valence-electron chi connectivity index (χ4n) is 0.413. The molecule has 0 heterocycles. The fraction of sp³-hybridized carbons (Fsp3) is 0.500. The summed E-state index contributed by atoms with van der Waals surface area (Å²) in [6.07, 6.45) is 3.93. The molecule has 0 radical (unpaired) electrons. The van der Waals surface area contributed by atoms with E-state index in [4.69, 9.17) is 4.74 Å². The summed E-state index contributed by atoms with van der Waals surface area (Å²) in [5.41, 5.74) is 1.02. The van der Waals surface area contributed by atoms with Gasteiger partial charge in [0.2, 0.25) is 0 Å². The average Bonchev–Trinajstić information content (AvgIpc) is 1.98. The maximum Gasteiger partial charge on any atom is 0.0686 e. The first-order valence-corrected chi connectivity index (χ1v) is 3.91. The van der Waals surface area contributed by atoms with E-state index in [2.05, 4.69) is 19.2 Å². The SMILES string of the molecule is C=C(CS)COC/C=C/C. The second-order valence-electron chi connectivity index (χ2n) is 1.99. The van der Waals surface area contributed by atoms with E-state index in [-0.39, 0.29) is 0 Å². The summed E-state index contributed by atoms with van der Waals surface area (Å²) in [6, 6.07) is 0. The minimum absolute atomic E-state index is 0.619. The Labute approximate surface area is 68.2 Å². The Morgan fingerprint density at radius 3 is 2.90 bits per heavy atom. The van der Waals surface area contributed by atoms with Crippen LogP contribution in [0.1, 0.15) is 6.92 Å². The van der Waals surface area contributed by atoms with Crippen molar-refractivity contribution in [2.75, 3.05) is 19.0 Å². The molecule has 0 amide bonds. The van der Waals surface area contributed by atoms with Gasteiger partial charge >= 0.3 is 0 Å². The van der Waals surface area contributed by atoms with E-state index in [1.54, 1.807) is 0 Å². The average molecular weight is 158 g/mol. The largest absolute Gasteiger partial charge is 0.373 e. The first kappa shape index (κ1) is 9.79. The van der Waals surface area contributed by atoms with E-state index in [1.807, 2.05) is 19.1 Å². The van der Waals surface area contributed by atoms with E-state index in [1.165, 1.54) is 0 Å². The predicted octanol–water partition coefficient (Wildman–Crippen LogP) is 2.07. The van der Waals surface area contributed by atoms with Crippen molar-refractivity contribution in [3.8, 4) is 0 Å². The highest BCUT2D eigenvalue weighted by Gasteiger charge is 1.87. The molecule has 58 valence electrons. The van der Waals surface area contributed by atoms with Gasteiger partial charge in [-0.2, -0.15) is 12.6 Å². The Morgan fingerprint density at radius 1 is 1.70 bits per heavy atom. The van der Waals surface area contributed by atoms with Crippen LogP contribution >= 0.6 is 12.6 Å². The van der Waals surface area contributed by atoms with Crippen molar-refractivity contribution in [2.45, 2.75) is 6.92 Å². The Balaban J connectivity index is 3.11. The van der Waals surface area contributed by atoms with Crippen LogP contribution in [-0.4, -0.2) is 19.0 Å². The molecule has 0 rings (SSSR count). The third kappa shape index (κ3) is 5.92. The summed E-state index contributed by atoms with van der Waals surface area (Å²) in [5, 5.41) is 0. The van der Waals surface area contributed by atoms with Crippen molar-refractivity contribution in [3.63, 3.8) is 0 Å². The molecule has 1 nitrogen and oxygen atoms in total. The summed E-state index contributed by atoms with van der Waals surface area (Å²) in [4.78, 5) is 0. The van der Waals surface area contributed by atoms with Gasteiger partial charge < -0.3 is 4.74 Å². The molecule has 0 aliphatic heterocycles. The number of ether oxygens (including phenoxy) is 1. The summed E-state index contributed by atoms with van der Waals surface area (Å²) < 4.78 is 5.19. The highest BCUT2D eigenvalue weighted by molar-refractivity contribution is 7.80. The van der Waals surface area contributed by atoms with Gasteiger partial charge in [-0.05, 0) is 12.5 Å². The zero-order valence-electron chi connectivity index (χ0n) is 6.34. The molecule has 0 aromatic carbocycles. The number of rotatable bonds is 5. The highest BCUT2D eigenvalue weighted by atomic mass is 32.1. The fourth-order valence-corrected chi connectivity index (χ4v) is 0.504. The smallest absolute Gasteiger partial charge is 0.0686 e. The van der Waals surface area contributed by atoms with Crippen LogP contribution < -0.4 is 0 Å². The molecular weight excluding hydrogens is 144 g/mol. The molecule has 0 fully saturated rings. The van der Waals surface area contributed by atoms with Gasteiger partial charge in [0.05, 0.1) is 13.2 Å². The second-order valence-corrected chi connectivity index (χ2v) is 2.31. The van der Waals surface area contributed by atoms with Crippen molar-refractivity contribution in [3.05, 3.63) is 24.3 Å². The van der Waals surface area contributed by atoms with Crippen molar-refractivity contribution >= 4 is 12.6 Å². The maximum absolute atomic E-state index is 5.19. The number of hydrogen-bond acceptors (Lipinski definition) is 2. The van der Waals surface area contributed by atoms with E-state index < -0.39 is 0 Å². The lowest BCUT2D eigenvalue weighted by molar-refractivity contribution is 0.187. The Kier molecular flexibility index (Phi) is 6.76. The van der Waals surface area contributed by atoms with Gasteiger partial charge in [0.15, 0.2) is 0 Å². The number of hydrogen-bond donors (Lipinski definition) is 1. The Hall–Kier alpha value is -0.210. The van der Waals surface area contributed by atoms with Gasteiger partial charge in [0.25, 0.3) is 0 Å². The van der Waals surface area contributed by atoms with Crippen LogP contribution in [0, 0.1) is 0 Å². The van der Waals surface area contributed by atoms with Crippen LogP contribution in [0.2, 0.25) is 0 Å². The van der Waals surface area contributed by atoms with Gasteiger partial charge in [-0.25, -0.2) is 0 Å². The van der Waals surface area contributed by atoms with Crippen LogP contribution in [0.3, 0.4) is 0 Å². The standard InChI is InChI=1S/C8H14OS/c1-3-4-5-9-6-8(2)7-10/h3-4,10H,2,5-7H2,1H3/b4-3+. The van der Waals surface area contributed by atoms with Crippen molar-refractivity contribution in [1.29, 1.82) is 0 Å². The minimum Gasteiger partial charge on any atom is -0.373 e. The zero-order chi connectivity index (χ0) is 7.82. The molecular formula is C8H14OS. The van der Waals surface area contributed by atoms with E-state index in [0.29, 0.717) is 19.0 Å². The summed E-state index contributed by atoms with van der Waals surface area (Å²) in [5.74, 6) is 0.704. The summed E-state index contributed by atoms with van der Waals surface area (Å²) in [6.45, 7) is 7.00. The third-order valence-electron chi connectivity index (χ3n) is 0.980. The van der Waals surface area contributed by atoms with Gasteiger partial charge in [-0.1, -0.05) is 18.7 Å². The summed E-state index contributed by atoms with van der Waals surface area (Å²) >= 11 is 4.04. The van der Waals surface area contributed by atoms with E-state index in [9.17, 15) is 0 Å². The molecule has 0 aliphatic rings. The topological polar surface area (TPSA) is 9.23 Å². The van der Waals surface area contributed by atoms with Gasteiger partial charge in [0.1, 0.15) is 0 Å². The van der Waals surface area contributed by atoms with Gasteiger partial charge in [-0.15, -0.1) is 0 Å². The molecule has 0 saturated heterocycles. The van der Waals surface area contributed by atoms with Crippen LogP contribution in [0.15, 0.2) is 24.3 Å². The van der Waals surface area contributed by atoms with Crippen LogP contribution in [-0.2, 0) is 4.74 Å². The number of thiol groups is 1. The molecule has 0 bridgehead atoms. The van der Waals surface area contributed by atoms with E-state index >= 15 is 0 Å². The first-order valence-electron chi connectivity index (χ1n) is 3.27. The van der Waals surface area contributed by atoms with Crippen LogP contribution in [0.5, 0.6) is 0 Å². The normalized spacial score (nSPS) is 10.6. The molecule has 0 aromatic rings. The van der Waals surface area contributed by atoms with Crippen LogP contribution in [0.4, 0.5) is 0 Å². The molecule has 0 unspecified atom stereocenters. The third-order valence-corrected chi connectivity index (χ3v) is 1.43. The van der Waals surface area contributed by atoms with E-state index in [0.717, 1.165) is 5.57 Å². The van der Waals surface area contributed by atoms with Crippen molar-refractivity contribution in [2.24, 2.45) is 0 Å². The lowest BCUT2D eigenvalue weighted by atomic mass is 10.4. The predicted molar refractivity (Wildman–Crippen MR) is 48.6 cm³/mol. The molecule has 0 aliphatic carbocycles. The Bertz CT molecular complexity index is 118. The molecule has 2 heteroatoms. The molecule has 0 saturated carbocycles. The molecule has 10 heavy (non-hydrogen) atoms. The number of allylic oxidation sites excluding steroid dienone is 1. The molecule has 0 N–H and O–H groups in total. The molecule has 0 aromatic heterocycles. The van der Waals surface area contributed by atoms with Crippen molar-refractivity contribution < 1.29 is 4.74 Å². The zero-order valence-corrected chi connectivity index (χ0v) is 7.23. The van der Waals surface area contributed by atoms with Crippen LogP contribution in [0.25, 0.3) is 0 Å².